The number of hydrogen-bond acceptors (Lipinski definition) is 3. The van der Waals surface area contributed by atoms with Crippen molar-refractivity contribution in [3.05, 3.63) is 35.9 Å². The van der Waals surface area contributed by atoms with Crippen LogP contribution >= 0.6 is 0 Å². The van der Waals surface area contributed by atoms with Crippen LogP contribution in [0.3, 0.4) is 0 Å². The van der Waals surface area contributed by atoms with Gasteiger partial charge in [0, 0.05) is 44.7 Å². The van der Waals surface area contributed by atoms with Crippen LogP contribution in [0.2, 0.25) is 0 Å². The van der Waals surface area contributed by atoms with Crippen molar-refractivity contribution in [2.75, 3.05) is 26.7 Å². The molecule has 6 nitrogen and oxygen atoms in total. The van der Waals surface area contributed by atoms with E-state index in [2.05, 4.69) is 77.1 Å². The van der Waals surface area contributed by atoms with E-state index < -0.39 is 0 Å². The molecule has 1 saturated carbocycles. The molecule has 0 aromatic heterocycles. The molecular formula is C23H39N5O. The van der Waals surface area contributed by atoms with Gasteiger partial charge in [0.25, 0.3) is 0 Å². The maximum atomic E-state index is 12.0. The standard InChI is InChI=1S/C23H39N5O/c1-4-24-23(26-17-15-22(29)27-21-12-8-9-13-21)25-16-14-19(2)28(3)18-20-10-6-5-7-11-20/h5-7,10-11,19,21H,4,8-9,12-18H2,1-3H3,(H,27,29)(H2,24,25,26). The van der Waals surface area contributed by atoms with E-state index in [4.69, 9.17) is 0 Å². The predicted octanol–water partition coefficient (Wildman–Crippen LogP) is 2.90. The third kappa shape index (κ3) is 9.31. The fourth-order valence-electron chi connectivity index (χ4n) is 3.62. The number of carbonyl (C=O) groups excluding carboxylic acids is 1. The summed E-state index contributed by atoms with van der Waals surface area (Å²) in [4.78, 5) is 19.1. The zero-order valence-corrected chi connectivity index (χ0v) is 18.4. The molecule has 1 atom stereocenters. The highest BCUT2D eigenvalue weighted by Crippen LogP contribution is 2.17. The third-order valence-corrected chi connectivity index (χ3v) is 5.55. The summed E-state index contributed by atoms with van der Waals surface area (Å²) >= 11 is 0. The van der Waals surface area contributed by atoms with Crippen molar-refractivity contribution in [2.24, 2.45) is 4.99 Å². The van der Waals surface area contributed by atoms with Gasteiger partial charge in [0.2, 0.25) is 5.91 Å². The zero-order chi connectivity index (χ0) is 20.9. The summed E-state index contributed by atoms with van der Waals surface area (Å²) in [5, 5.41) is 9.68. The van der Waals surface area contributed by atoms with Gasteiger partial charge in [-0.3, -0.25) is 14.7 Å². The van der Waals surface area contributed by atoms with Crippen LogP contribution in [0.1, 0.15) is 57.9 Å². The van der Waals surface area contributed by atoms with E-state index >= 15 is 0 Å². The van der Waals surface area contributed by atoms with Crippen LogP contribution in [0.25, 0.3) is 0 Å². The SMILES string of the molecule is CCNC(=NCCC(C)N(C)Cc1ccccc1)NCCC(=O)NC1CCCC1. The van der Waals surface area contributed by atoms with Crippen LogP contribution < -0.4 is 16.0 Å². The number of guanidine groups is 1. The zero-order valence-electron chi connectivity index (χ0n) is 18.4. The van der Waals surface area contributed by atoms with Gasteiger partial charge in [-0.25, -0.2) is 0 Å². The highest BCUT2D eigenvalue weighted by Gasteiger charge is 2.16. The van der Waals surface area contributed by atoms with Gasteiger partial charge < -0.3 is 16.0 Å². The molecule has 6 heteroatoms. The molecule has 0 radical (unpaired) electrons. The minimum Gasteiger partial charge on any atom is -0.357 e. The first-order chi connectivity index (χ1) is 14.1. The summed E-state index contributed by atoms with van der Waals surface area (Å²) in [5.74, 6) is 0.926. The Morgan fingerprint density at radius 3 is 2.62 bits per heavy atom. The van der Waals surface area contributed by atoms with Gasteiger partial charge in [0.1, 0.15) is 0 Å². The summed E-state index contributed by atoms with van der Waals surface area (Å²) in [6.07, 6.45) is 6.19. The van der Waals surface area contributed by atoms with Crippen molar-refractivity contribution in [1.82, 2.24) is 20.9 Å². The maximum absolute atomic E-state index is 12.0. The Morgan fingerprint density at radius 2 is 1.93 bits per heavy atom. The number of rotatable bonds is 11. The first-order valence-electron chi connectivity index (χ1n) is 11.1. The normalized spacial score (nSPS) is 16.1. The van der Waals surface area contributed by atoms with E-state index in [1.807, 2.05) is 0 Å². The first kappa shape index (κ1) is 23.2. The van der Waals surface area contributed by atoms with Crippen molar-refractivity contribution in [3.63, 3.8) is 0 Å². The van der Waals surface area contributed by atoms with Crippen molar-refractivity contribution in [3.8, 4) is 0 Å². The largest absolute Gasteiger partial charge is 0.357 e. The Morgan fingerprint density at radius 1 is 1.21 bits per heavy atom. The highest BCUT2D eigenvalue weighted by atomic mass is 16.1. The van der Waals surface area contributed by atoms with Crippen LogP contribution in [0.5, 0.6) is 0 Å². The third-order valence-electron chi connectivity index (χ3n) is 5.55. The van der Waals surface area contributed by atoms with E-state index in [9.17, 15) is 4.79 Å². The number of benzene rings is 1. The number of nitrogens with zero attached hydrogens (tertiary/aromatic N) is 2. The van der Waals surface area contributed by atoms with Crippen molar-refractivity contribution < 1.29 is 4.79 Å². The van der Waals surface area contributed by atoms with E-state index in [1.165, 1.54) is 18.4 Å². The number of aliphatic imine (C=N–C) groups is 1. The van der Waals surface area contributed by atoms with Gasteiger partial charge in [-0.1, -0.05) is 43.2 Å². The molecule has 2 rings (SSSR count). The molecule has 0 heterocycles. The van der Waals surface area contributed by atoms with Crippen LogP contribution in [0.15, 0.2) is 35.3 Å². The molecule has 0 aliphatic heterocycles. The minimum atomic E-state index is 0.136. The lowest BCUT2D eigenvalue weighted by molar-refractivity contribution is -0.121. The second-order valence-corrected chi connectivity index (χ2v) is 8.02. The Balaban J connectivity index is 1.68. The summed E-state index contributed by atoms with van der Waals surface area (Å²) in [7, 11) is 2.16. The van der Waals surface area contributed by atoms with Crippen LogP contribution in [-0.4, -0.2) is 55.5 Å². The number of carbonyl (C=O) groups is 1. The van der Waals surface area contributed by atoms with Crippen molar-refractivity contribution in [2.45, 2.75) is 71.0 Å². The molecule has 3 N–H and O–H groups in total. The fourth-order valence-corrected chi connectivity index (χ4v) is 3.62. The second-order valence-electron chi connectivity index (χ2n) is 8.02. The average Bonchev–Trinajstić information content (AvgIpc) is 3.21. The quantitative estimate of drug-likeness (QED) is 0.394. The van der Waals surface area contributed by atoms with Crippen LogP contribution in [0, 0.1) is 0 Å². The van der Waals surface area contributed by atoms with Gasteiger partial charge in [0.05, 0.1) is 0 Å². The maximum Gasteiger partial charge on any atom is 0.221 e. The minimum absolute atomic E-state index is 0.136. The molecule has 162 valence electrons. The van der Waals surface area contributed by atoms with Gasteiger partial charge >= 0.3 is 0 Å². The fraction of sp³-hybridized carbons (Fsp3) is 0.652. The Labute approximate surface area is 176 Å². The molecule has 29 heavy (non-hydrogen) atoms. The predicted molar refractivity (Wildman–Crippen MR) is 121 cm³/mol. The summed E-state index contributed by atoms with van der Waals surface area (Å²) < 4.78 is 0. The Bertz CT molecular complexity index is 613. The van der Waals surface area contributed by atoms with Crippen molar-refractivity contribution in [1.29, 1.82) is 0 Å². The van der Waals surface area contributed by atoms with E-state index in [1.54, 1.807) is 0 Å². The molecular weight excluding hydrogens is 362 g/mol. The summed E-state index contributed by atoms with van der Waals surface area (Å²) in [6.45, 7) is 7.41. The van der Waals surface area contributed by atoms with E-state index in [0.29, 0.717) is 25.0 Å². The van der Waals surface area contributed by atoms with Crippen LogP contribution in [0.4, 0.5) is 0 Å². The van der Waals surface area contributed by atoms with Gasteiger partial charge in [-0.15, -0.1) is 0 Å². The Kier molecular flexibility index (Phi) is 10.6. The monoisotopic (exact) mass is 401 g/mol. The lowest BCUT2D eigenvalue weighted by Gasteiger charge is -2.24. The number of nitrogens with one attached hydrogen (secondary N) is 3. The molecule has 1 aromatic rings. The molecule has 0 bridgehead atoms. The van der Waals surface area contributed by atoms with Gasteiger partial charge in [0.15, 0.2) is 5.96 Å². The molecule has 1 aromatic carbocycles. The summed E-state index contributed by atoms with van der Waals surface area (Å²) in [5.41, 5.74) is 1.33. The molecule has 1 aliphatic carbocycles. The van der Waals surface area contributed by atoms with Crippen molar-refractivity contribution >= 4 is 11.9 Å². The van der Waals surface area contributed by atoms with Crippen LogP contribution in [-0.2, 0) is 11.3 Å². The molecule has 1 unspecified atom stereocenters. The molecule has 1 fully saturated rings. The smallest absolute Gasteiger partial charge is 0.221 e. The molecule has 0 saturated heterocycles. The lowest BCUT2D eigenvalue weighted by Crippen LogP contribution is -2.40. The average molecular weight is 402 g/mol. The topological polar surface area (TPSA) is 68.8 Å². The first-order valence-corrected chi connectivity index (χ1v) is 11.1. The summed E-state index contributed by atoms with van der Waals surface area (Å²) in [6, 6.07) is 11.4. The number of hydrogen-bond donors (Lipinski definition) is 3. The molecule has 0 spiro atoms. The second kappa shape index (κ2) is 13.2. The molecule has 1 amide bonds. The highest BCUT2D eigenvalue weighted by molar-refractivity contribution is 5.81. The van der Waals surface area contributed by atoms with Gasteiger partial charge in [-0.05, 0) is 45.7 Å². The Hall–Kier alpha value is -2.08. The number of amides is 1. The lowest BCUT2D eigenvalue weighted by atomic mass is 10.1. The van der Waals surface area contributed by atoms with Gasteiger partial charge in [-0.2, -0.15) is 0 Å². The van der Waals surface area contributed by atoms with E-state index in [-0.39, 0.29) is 5.91 Å². The molecule has 1 aliphatic rings. The van der Waals surface area contributed by atoms with E-state index in [0.717, 1.165) is 44.9 Å².